The van der Waals surface area contributed by atoms with Crippen molar-refractivity contribution < 1.29 is 39.2 Å². The lowest BCUT2D eigenvalue weighted by Gasteiger charge is -2.41. The van der Waals surface area contributed by atoms with Crippen molar-refractivity contribution in [2.24, 2.45) is 5.73 Å². The molecule has 0 aromatic carbocycles. The fourth-order valence-electron chi connectivity index (χ4n) is 3.39. The van der Waals surface area contributed by atoms with Gasteiger partial charge in [0, 0.05) is 13.5 Å². The van der Waals surface area contributed by atoms with Gasteiger partial charge >= 0.3 is 12.1 Å². The fraction of sp³-hybridized carbons (Fsp3) is 0.700. The molecule has 1 aliphatic heterocycles. The van der Waals surface area contributed by atoms with Crippen LogP contribution in [0, 0.1) is 5.41 Å². The van der Waals surface area contributed by atoms with Gasteiger partial charge in [-0.2, -0.15) is 0 Å². The predicted molar refractivity (Wildman–Crippen MR) is 117 cm³/mol. The smallest absolute Gasteiger partial charge is 0.407 e. The number of guanidine groups is 1. The van der Waals surface area contributed by atoms with Gasteiger partial charge in [-0.25, -0.2) is 9.59 Å². The van der Waals surface area contributed by atoms with E-state index in [2.05, 4.69) is 22.9 Å². The van der Waals surface area contributed by atoms with Crippen molar-refractivity contribution in [1.29, 1.82) is 5.41 Å². The van der Waals surface area contributed by atoms with E-state index in [1.165, 1.54) is 6.92 Å². The summed E-state index contributed by atoms with van der Waals surface area (Å²) >= 11 is 0. The quantitative estimate of drug-likeness (QED) is 0.0939. The Kier molecular flexibility index (Phi) is 12.0. The van der Waals surface area contributed by atoms with E-state index in [0.29, 0.717) is 13.0 Å². The molecule has 0 fully saturated rings. The zero-order chi connectivity index (χ0) is 25.0. The van der Waals surface area contributed by atoms with Crippen molar-refractivity contribution in [2.45, 2.75) is 76.3 Å². The van der Waals surface area contributed by atoms with Crippen LogP contribution in [-0.4, -0.2) is 82.8 Å². The van der Waals surface area contributed by atoms with Crippen LogP contribution in [0.4, 0.5) is 4.79 Å². The maximum Gasteiger partial charge on any atom is 0.407 e. The van der Waals surface area contributed by atoms with Gasteiger partial charge in [0.05, 0.1) is 18.7 Å². The fourth-order valence-corrected chi connectivity index (χ4v) is 3.39. The Bertz CT molecular complexity index is 717. The first kappa shape index (κ1) is 28.0. The van der Waals surface area contributed by atoms with Crippen LogP contribution in [0.25, 0.3) is 0 Å². The number of aliphatic carboxylic acids is 1. The van der Waals surface area contributed by atoms with Crippen LogP contribution in [0.15, 0.2) is 11.8 Å². The second-order valence-corrected chi connectivity index (χ2v) is 7.69. The molecule has 0 aromatic rings. The van der Waals surface area contributed by atoms with Crippen LogP contribution in [0.2, 0.25) is 0 Å². The molecule has 1 rings (SSSR count). The molecule has 0 saturated carbocycles. The molecule has 0 bridgehead atoms. The first-order valence-corrected chi connectivity index (χ1v) is 10.8. The van der Waals surface area contributed by atoms with Crippen molar-refractivity contribution in [2.75, 3.05) is 13.2 Å². The lowest BCUT2D eigenvalue weighted by atomic mass is 9.92. The minimum atomic E-state index is -1.66. The van der Waals surface area contributed by atoms with Gasteiger partial charge in [-0.05, 0) is 12.5 Å². The van der Waals surface area contributed by atoms with Crippen LogP contribution in [0.1, 0.15) is 46.0 Å². The van der Waals surface area contributed by atoms with Gasteiger partial charge in [-0.1, -0.05) is 32.6 Å². The molecule has 1 heterocycles. The second kappa shape index (κ2) is 14.2. The van der Waals surface area contributed by atoms with Crippen LogP contribution in [0.3, 0.4) is 0 Å². The van der Waals surface area contributed by atoms with E-state index in [9.17, 15) is 29.7 Å². The van der Waals surface area contributed by atoms with E-state index in [4.69, 9.17) is 20.6 Å². The third-order valence-electron chi connectivity index (χ3n) is 4.92. The first-order valence-electron chi connectivity index (χ1n) is 10.8. The number of ether oxygens (including phenoxy) is 2. The van der Waals surface area contributed by atoms with E-state index in [1.54, 1.807) is 0 Å². The normalized spacial score (nSPS) is 21.6. The van der Waals surface area contributed by atoms with Crippen LogP contribution < -0.4 is 21.7 Å². The summed E-state index contributed by atoms with van der Waals surface area (Å²) in [6.45, 7) is 2.77. The SMILES string of the molecule is CCCCCCCNC(=O)O[C@@H]([C@@H]1OC(C(=O)O)=C[C@H](NC(=N)N)[C@H]1NC(C)=O)[C@H](O)CO. The van der Waals surface area contributed by atoms with Crippen molar-refractivity contribution >= 4 is 23.9 Å². The third kappa shape index (κ3) is 9.53. The van der Waals surface area contributed by atoms with E-state index >= 15 is 0 Å². The molecule has 0 aliphatic carbocycles. The number of aliphatic hydroxyl groups excluding tert-OH is 2. The van der Waals surface area contributed by atoms with Crippen LogP contribution in [-0.2, 0) is 19.1 Å². The molecule has 1 aliphatic rings. The van der Waals surface area contributed by atoms with E-state index < -0.39 is 66.7 Å². The molecule has 5 atom stereocenters. The number of rotatable bonds is 13. The number of carbonyl (C=O) groups excluding carboxylic acids is 2. The highest BCUT2D eigenvalue weighted by Crippen LogP contribution is 2.25. The topological polar surface area (TPSA) is 216 Å². The molecule has 2 amide bonds. The number of alkyl carbamates (subject to hydrolysis) is 1. The van der Waals surface area contributed by atoms with Gasteiger partial charge in [0.25, 0.3) is 0 Å². The average Bonchev–Trinajstić information content (AvgIpc) is 2.74. The summed E-state index contributed by atoms with van der Waals surface area (Å²) in [6, 6.07) is -2.16. The van der Waals surface area contributed by atoms with Gasteiger partial charge in [-0.15, -0.1) is 0 Å². The molecular formula is C20H35N5O8. The van der Waals surface area contributed by atoms with Gasteiger partial charge in [0.15, 0.2) is 18.2 Å². The van der Waals surface area contributed by atoms with Gasteiger partial charge in [0.1, 0.15) is 6.10 Å². The summed E-state index contributed by atoms with van der Waals surface area (Å²) in [5.41, 5.74) is 5.38. The molecule has 188 valence electrons. The molecule has 13 nitrogen and oxygen atoms in total. The number of carboxylic acid groups (broad SMARTS) is 1. The maximum atomic E-state index is 12.3. The molecule has 0 unspecified atom stereocenters. The average molecular weight is 474 g/mol. The number of unbranched alkanes of at least 4 members (excludes halogenated alkanes) is 4. The minimum absolute atomic E-state index is 0.319. The highest BCUT2D eigenvalue weighted by atomic mass is 16.6. The van der Waals surface area contributed by atoms with Gasteiger partial charge in [0.2, 0.25) is 11.7 Å². The maximum absolute atomic E-state index is 12.3. The Morgan fingerprint density at radius 3 is 2.45 bits per heavy atom. The van der Waals surface area contributed by atoms with E-state index in [0.717, 1.165) is 31.8 Å². The number of amides is 2. The molecule has 0 saturated heterocycles. The number of aliphatic hydroxyl groups is 2. The second-order valence-electron chi connectivity index (χ2n) is 7.69. The van der Waals surface area contributed by atoms with Crippen molar-refractivity contribution in [3.05, 3.63) is 11.8 Å². The largest absolute Gasteiger partial charge is 0.477 e. The molecular weight excluding hydrogens is 438 g/mol. The minimum Gasteiger partial charge on any atom is -0.477 e. The van der Waals surface area contributed by atoms with E-state index in [-0.39, 0.29) is 0 Å². The number of hydrogen-bond donors (Lipinski definition) is 8. The Hall–Kier alpha value is -3.06. The molecule has 0 radical (unpaired) electrons. The number of hydrogen-bond acceptors (Lipinski definition) is 8. The van der Waals surface area contributed by atoms with Gasteiger partial charge < -0.3 is 46.5 Å². The Morgan fingerprint density at radius 2 is 1.91 bits per heavy atom. The number of nitrogens with one attached hydrogen (secondary N) is 4. The summed E-state index contributed by atoms with van der Waals surface area (Å²) in [7, 11) is 0. The third-order valence-corrected chi connectivity index (χ3v) is 4.92. The van der Waals surface area contributed by atoms with Crippen molar-refractivity contribution in [3.63, 3.8) is 0 Å². The van der Waals surface area contributed by atoms with Crippen molar-refractivity contribution in [1.82, 2.24) is 16.0 Å². The molecule has 0 spiro atoms. The standard InChI is InChI=1S/C20H35N5O8/c1-3-4-5-6-7-8-23-20(31)33-16(13(28)10-26)17-15(24-11(2)27)12(25-19(21)22)9-14(32-17)18(29)30/h9,12-13,15-17,26,28H,3-8,10H2,1-2H3,(H,23,31)(H,24,27)(H,29,30)(H4,21,22,25)/t12-,13+,15+,16+,17+/m0/s1. The monoisotopic (exact) mass is 473 g/mol. The lowest BCUT2D eigenvalue weighted by molar-refractivity contribution is -0.146. The lowest BCUT2D eigenvalue weighted by Crippen LogP contribution is -2.65. The molecule has 9 N–H and O–H groups in total. The molecule has 0 aromatic heterocycles. The number of nitrogens with two attached hydrogens (primary N) is 1. The highest BCUT2D eigenvalue weighted by molar-refractivity contribution is 5.85. The summed E-state index contributed by atoms with van der Waals surface area (Å²) < 4.78 is 10.7. The van der Waals surface area contributed by atoms with Gasteiger partial charge in [-0.3, -0.25) is 10.2 Å². The number of carbonyl (C=O) groups is 3. The summed E-state index contributed by atoms with van der Waals surface area (Å²) in [4.78, 5) is 35.7. The molecule has 33 heavy (non-hydrogen) atoms. The zero-order valence-corrected chi connectivity index (χ0v) is 18.9. The number of carboxylic acids is 1. The summed E-state index contributed by atoms with van der Waals surface area (Å²) in [6.07, 6.45) is 0.370. The van der Waals surface area contributed by atoms with E-state index in [1.807, 2.05) is 0 Å². The van der Waals surface area contributed by atoms with Crippen molar-refractivity contribution in [3.8, 4) is 0 Å². The Morgan fingerprint density at radius 1 is 1.24 bits per heavy atom. The summed E-state index contributed by atoms with van der Waals surface area (Å²) in [5.74, 6) is -3.09. The van der Waals surface area contributed by atoms with Crippen LogP contribution >= 0.6 is 0 Å². The van der Waals surface area contributed by atoms with Crippen LogP contribution in [0.5, 0.6) is 0 Å². The summed E-state index contributed by atoms with van der Waals surface area (Å²) in [5, 5.41) is 44.3. The Balaban J connectivity index is 3.08. The first-order chi connectivity index (χ1) is 15.6. The predicted octanol–water partition coefficient (Wildman–Crippen LogP) is -0.872. The highest BCUT2D eigenvalue weighted by Gasteiger charge is 2.46. The Labute approximate surface area is 192 Å². The molecule has 13 heteroatoms. The zero-order valence-electron chi connectivity index (χ0n) is 18.9.